The Kier molecular flexibility index (Phi) is 5.81. The van der Waals surface area contributed by atoms with Gasteiger partial charge in [-0.1, -0.05) is 0 Å². The molecule has 10 aliphatic rings. The second-order valence-electron chi connectivity index (χ2n) is 17.1. The molecule has 0 aromatic heterocycles. The van der Waals surface area contributed by atoms with E-state index in [1.54, 1.807) is 0 Å². The fourth-order valence-corrected chi connectivity index (χ4v) is 13.3. The lowest BCUT2D eigenvalue weighted by Crippen LogP contribution is -2.58. The molecule has 7 bridgehead atoms. The van der Waals surface area contributed by atoms with Crippen LogP contribution in [0.3, 0.4) is 0 Å². The van der Waals surface area contributed by atoms with Gasteiger partial charge in [0.05, 0.1) is 35.1 Å². The summed E-state index contributed by atoms with van der Waals surface area (Å²) < 4.78 is 30.0. The van der Waals surface area contributed by atoms with E-state index in [4.69, 9.17) is 23.7 Å². The van der Waals surface area contributed by atoms with Gasteiger partial charge < -0.3 is 33.9 Å². The Morgan fingerprint density at radius 2 is 1.39 bits per heavy atom. The molecule has 1 aliphatic heterocycles. The third kappa shape index (κ3) is 3.83. The van der Waals surface area contributed by atoms with Crippen molar-refractivity contribution in [3.8, 4) is 0 Å². The summed E-state index contributed by atoms with van der Waals surface area (Å²) in [6.07, 6.45) is 9.62. The van der Waals surface area contributed by atoms with E-state index in [1.165, 1.54) is 7.11 Å². The van der Waals surface area contributed by atoms with Crippen LogP contribution in [0.25, 0.3) is 0 Å². The minimum absolute atomic E-state index is 0.0188. The summed E-state index contributed by atoms with van der Waals surface area (Å²) in [6, 6.07) is 0. The van der Waals surface area contributed by atoms with Gasteiger partial charge in [-0.15, -0.1) is 0 Å². The van der Waals surface area contributed by atoms with Crippen molar-refractivity contribution in [3.63, 3.8) is 0 Å². The first-order valence-corrected chi connectivity index (χ1v) is 17.1. The fourth-order valence-electron chi connectivity index (χ4n) is 13.3. The van der Waals surface area contributed by atoms with Crippen LogP contribution in [0.4, 0.5) is 0 Å². The van der Waals surface area contributed by atoms with Crippen molar-refractivity contribution in [1.29, 1.82) is 0 Å². The molecule has 44 heavy (non-hydrogen) atoms. The zero-order valence-electron chi connectivity index (χ0n) is 25.7. The summed E-state index contributed by atoms with van der Waals surface area (Å²) >= 11 is 0. The molecule has 10 heteroatoms. The van der Waals surface area contributed by atoms with Gasteiger partial charge in [-0.2, -0.15) is 0 Å². The van der Waals surface area contributed by atoms with E-state index < -0.39 is 40.0 Å². The van der Waals surface area contributed by atoms with Crippen molar-refractivity contribution in [3.05, 3.63) is 0 Å². The van der Waals surface area contributed by atoms with Crippen LogP contribution in [0.5, 0.6) is 0 Å². The summed E-state index contributed by atoms with van der Waals surface area (Å²) in [6.45, 7) is -0.0538. The molecule has 10 rings (SSSR count). The summed E-state index contributed by atoms with van der Waals surface area (Å²) in [7, 11) is 1.38. The molecule has 11 unspecified atom stereocenters. The number of methoxy groups -OCH3 is 1. The van der Waals surface area contributed by atoms with E-state index in [0.29, 0.717) is 55.8 Å². The molecule has 2 N–H and O–H groups in total. The Morgan fingerprint density at radius 1 is 0.750 bits per heavy atom. The first-order chi connectivity index (χ1) is 20.9. The minimum atomic E-state index is -1.02. The normalized spacial score (nSPS) is 55.3. The van der Waals surface area contributed by atoms with E-state index in [1.807, 2.05) is 0 Å². The first kappa shape index (κ1) is 28.5. The van der Waals surface area contributed by atoms with Crippen LogP contribution in [0.15, 0.2) is 0 Å². The number of hydrogen-bond donors (Lipinski definition) is 2. The number of ether oxygens (including phenoxy) is 5. The van der Waals surface area contributed by atoms with E-state index in [0.717, 1.165) is 64.2 Å². The SMILES string of the molecule is COC(=O)C1CCC2(C1)OC(COC(=O)C13CC4CC(CC(O)(C4)C1)C3)C(COC(=O)C13CC4CC5(O)CC(C1)C5(C4)C3)O2. The van der Waals surface area contributed by atoms with Gasteiger partial charge in [-0.25, -0.2) is 0 Å². The number of fused-ring (bicyclic) bond motifs is 2. The highest BCUT2D eigenvalue weighted by atomic mass is 16.8. The highest BCUT2D eigenvalue weighted by molar-refractivity contribution is 5.79. The average molecular weight is 615 g/mol. The molecular formula is C34H46O10. The van der Waals surface area contributed by atoms with Crippen LogP contribution in [-0.4, -0.2) is 77.6 Å². The van der Waals surface area contributed by atoms with Crippen molar-refractivity contribution in [2.75, 3.05) is 20.3 Å². The molecule has 10 fully saturated rings. The topological polar surface area (TPSA) is 138 Å². The van der Waals surface area contributed by atoms with E-state index >= 15 is 0 Å². The van der Waals surface area contributed by atoms with Crippen molar-refractivity contribution < 1.29 is 48.3 Å². The van der Waals surface area contributed by atoms with Crippen molar-refractivity contribution in [2.45, 2.75) is 126 Å². The molecule has 2 spiro atoms. The number of carbonyl (C=O) groups is 3. The van der Waals surface area contributed by atoms with Crippen LogP contribution in [0.2, 0.25) is 0 Å². The lowest BCUT2D eigenvalue weighted by Gasteiger charge is -2.58. The van der Waals surface area contributed by atoms with Crippen molar-refractivity contribution in [1.82, 2.24) is 0 Å². The van der Waals surface area contributed by atoms with Gasteiger partial charge in [0.1, 0.15) is 25.4 Å². The lowest BCUT2D eigenvalue weighted by molar-refractivity contribution is -0.201. The van der Waals surface area contributed by atoms with Gasteiger partial charge in [0, 0.05) is 18.3 Å². The Balaban J connectivity index is 0.898. The maximum Gasteiger partial charge on any atom is 0.312 e. The number of hydrogen-bond acceptors (Lipinski definition) is 10. The van der Waals surface area contributed by atoms with Gasteiger partial charge >= 0.3 is 17.9 Å². The molecule has 0 amide bonds. The molecule has 0 aromatic rings. The molecule has 11 atom stereocenters. The van der Waals surface area contributed by atoms with Gasteiger partial charge in [0.2, 0.25) is 0 Å². The van der Waals surface area contributed by atoms with Crippen LogP contribution >= 0.6 is 0 Å². The molecular weight excluding hydrogens is 568 g/mol. The second-order valence-corrected chi connectivity index (χ2v) is 17.1. The third-order valence-electron chi connectivity index (χ3n) is 14.3. The highest BCUT2D eigenvalue weighted by Crippen LogP contribution is 2.80. The highest BCUT2D eigenvalue weighted by Gasteiger charge is 2.79. The molecule has 9 saturated carbocycles. The number of esters is 3. The van der Waals surface area contributed by atoms with E-state index in [-0.39, 0.29) is 42.5 Å². The zero-order chi connectivity index (χ0) is 30.3. The van der Waals surface area contributed by atoms with Crippen molar-refractivity contribution >= 4 is 17.9 Å². The lowest BCUT2D eigenvalue weighted by atomic mass is 9.48. The second kappa shape index (κ2) is 8.98. The van der Waals surface area contributed by atoms with Gasteiger partial charge in [-0.05, 0) is 107 Å². The van der Waals surface area contributed by atoms with E-state index in [9.17, 15) is 24.6 Å². The van der Waals surface area contributed by atoms with Crippen LogP contribution in [0.1, 0.15) is 96.3 Å². The summed E-state index contributed by atoms with van der Waals surface area (Å²) in [5, 5.41) is 22.4. The Hall–Kier alpha value is -1.75. The first-order valence-electron chi connectivity index (χ1n) is 17.1. The monoisotopic (exact) mass is 614 g/mol. The Labute approximate surface area is 257 Å². The van der Waals surface area contributed by atoms with Crippen LogP contribution in [-0.2, 0) is 38.1 Å². The molecule has 10 nitrogen and oxygen atoms in total. The minimum Gasteiger partial charge on any atom is -0.469 e. The summed E-state index contributed by atoms with van der Waals surface area (Å²) in [5.74, 6) is -0.659. The summed E-state index contributed by atoms with van der Waals surface area (Å²) in [5.41, 5.74) is -2.67. The van der Waals surface area contributed by atoms with Gasteiger partial charge in [0.15, 0.2) is 5.79 Å². The molecule has 1 heterocycles. The molecule has 242 valence electrons. The molecule has 1 saturated heterocycles. The zero-order valence-corrected chi connectivity index (χ0v) is 25.7. The fraction of sp³-hybridized carbons (Fsp3) is 0.912. The maximum atomic E-state index is 13.8. The Morgan fingerprint density at radius 3 is 2.02 bits per heavy atom. The summed E-state index contributed by atoms with van der Waals surface area (Å²) in [4.78, 5) is 39.8. The number of rotatable bonds is 7. The van der Waals surface area contributed by atoms with E-state index in [2.05, 4.69) is 0 Å². The molecule has 0 radical (unpaired) electrons. The largest absolute Gasteiger partial charge is 0.469 e. The molecule has 0 aromatic carbocycles. The Bertz CT molecular complexity index is 1280. The number of carbonyl (C=O) groups excluding carboxylic acids is 3. The van der Waals surface area contributed by atoms with Gasteiger partial charge in [0.25, 0.3) is 0 Å². The third-order valence-corrected chi connectivity index (χ3v) is 14.3. The predicted octanol–water partition coefficient (Wildman–Crippen LogP) is 3.19. The van der Waals surface area contributed by atoms with Crippen LogP contribution < -0.4 is 0 Å². The quantitative estimate of drug-likeness (QED) is 0.325. The smallest absolute Gasteiger partial charge is 0.312 e. The van der Waals surface area contributed by atoms with Crippen molar-refractivity contribution in [2.24, 2.45) is 45.8 Å². The van der Waals surface area contributed by atoms with Crippen LogP contribution in [0, 0.1) is 45.8 Å². The predicted molar refractivity (Wildman–Crippen MR) is 150 cm³/mol. The van der Waals surface area contributed by atoms with Gasteiger partial charge in [-0.3, -0.25) is 14.4 Å². The standard InChI is InChI=1S/C34H46O10/c1-40-26(35)22-2-3-34(12-22)43-24(15-41-27(36)29-5-19-4-20(6-29)9-31(38,8-19)17-29)25(44-34)16-42-28(37)30-7-21-10-32(18-30)23(13-30)14-33(32,39)11-21/h19-25,38-39H,2-18H2,1H3. The average Bonchev–Trinajstić information content (AvgIpc) is 3.63. The molecule has 9 aliphatic carbocycles. The number of aliphatic hydroxyl groups is 2. The maximum absolute atomic E-state index is 13.8.